The molecule has 0 saturated carbocycles. The van der Waals surface area contributed by atoms with Crippen LogP contribution < -0.4 is 4.90 Å². The molecule has 0 bridgehead atoms. The quantitative estimate of drug-likeness (QED) is 0.561. The van der Waals surface area contributed by atoms with E-state index in [1.807, 2.05) is 0 Å². The van der Waals surface area contributed by atoms with Crippen LogP contribution in [0.2, 0.25) is 0 Å². The molecule has 0 aliphatic carbocycles. The molecule has 0 radical (unpaired) electrons. The second-order valence-electron chi connectivity index (χ2n) is 7.53. The highest BCUT2D eigenvalue weighted by atomic mass is 32.1. The van der Waals surface area contributed by atoms with Crippen molar-refractivity contribution in [2.75, 3.05) is 18.1 Å². The summed E-state index contributed by atoms with van der Waals surface area (Å²) in [6.45, 7) is 6.86. The number of aromatic nitrogens is 1. The largest absolute Gasteiger partial charge is 0.376 e. The molecule has 2 aromatic carbocycles. The van der Waals surface area contributed by atoms with Gasteiger partial charge in [0.25, 0.3) is 5.91 Å². The number of anilines is 1. The third-order valence-electron chi connectivity index (χ3n) is 5.50. The molecule has 0 N–H and O–H groups in total. The number of Topliss-reactive ketones (excluding diaryl/α,β-unsaturated/α-hetero) is 1. The van der Waals surface area contributed by atoms with E-state index in [9.17, 15) is 9.59 Å². The van der Waals surface area contributed by atoms with Crippen LogP contribution in [-0.2, 0) is 4.74 Å². The molecule has 1 unspecified atom stereocenters. The molecule has 4 rings (SSSR count). The summed E-state index contributed by atoms with van der Waals surface area (Å²) in [5.41, 5.74) is 4.41. The molecule has 2 heterocycles. The van der Waals surface area contributed by atoms with E-state index < -0.39 is 0 Å². The van der Waals surface area contributed by atoms with E-state index in [1.165, 1.54) is 23.8 Å². The van der Waals surface area contributed by atoms with E-state index in [1.54, 1.807) is 29.2 Å². The first-order valence-electron chi connectivity index (χ1n) is 9.85. The number of carbonyl (C=O) groups is 2. The van der Waals surface area contributed by atoms with E-state index in [2.05, 4.69) is 26.0 Å². The Kier molecular flexibility index (Phi) is 5.48. The van der Waals surface area contributed by atoms with E-state index in [0.717, 1.165) is 35.2 Å². The molecule has 1 aromatic heterocycles. The smallest absolute Gasteiger partial charge is 0.260 e. The second-order valence-corrected chi connectivity index (χ2v) is 8.54. The number of aryl methyl sites for hydroxylation is 2. The molecule has 3 aromatic rings. The zero-order valence-electron chi connectivity index (χ0n) is 16.9. The van der Waals surface area contributed by atoms with Crippen LogP contribution >= 0.6 is 11.3 Å². The summed E-state index contributed by atoms with van der Waals surface area (Å²) in [5.74, 6) is -0.138. The van der Waals surface area contributed by atoms with Gasteiger partial charge < -0.3 is 4.74 Å². The molecule has 0 spiro atoms. The number of rotatable bonds is 5. The maximum absolute atomic E-state index is 13.4. The van der Waals surface area contributed by atoms with Crippen LogP contribution in [0.4, 0.5) is 5.13 Å². The van der Waals surface area contributed by atoms with Crippen LogP contribution in [0.3, 0.4) is 0 Å². The van der Waals surface area contributed by atoms with E-state index >= 15 is 0 Å². The van der Waals surface area contributed by atoms with Crippen molar-refractivity contribution in [3.63, 3.8) is 0 Å². The van der Waals surface area contributed by atoms with Crippen molar-refractivity contribution in [2.24, 2.45) is 0 Å². The van der Waals surface area contributed by atoms with E-state index in [-0.39, 0.29) is 17.8 Å². The molecular weight excluding hydrogens is 384 g/mol. The Balaban J connectivity index is 1.72. The Bertz CT molecular complexity index is 1070. The van der Waals surface area contributed by atoms with Crippen molar-refractivity contribution in [1.82, 2.24) is 4.98 Å². The number of fused-ring (bicyclic) bond motifs is 1. The van der Waals surface area contributed by atoms with Gasteiger partial charge in [-0.15, -0.1) is 0 Å². The summed E-state index contributed by atoms with van der Waals surface area (Å²) in [5, 5.41) is 0.685. The van der Waals surface area contributed by atoms with Crippen molar-refractivity contribution >= 4 is 38.4 Å². The zero-order chi connectivity index (χ0) is 20.5. The van der Waals surface area contributed by atoms with Gasteiger partial charge in [-0.25, -0.2) is 4.98 Å². The fourth-order valence-corrected chi connectivity index (χ4v) is 4.61. The number of ether oxygens (including phenoxy) is 1. The summed E-state index contributed by atoms with van der Waals surface area (Å²) in [7, 11) is 0. The minimum absolute atomic E-state index is 0.0165. The van der Waals surface area contributed by atoms with Crippen molar-refractivity contribution in [1.29, 1.82) is 0 Å². The number of amides is 1. The third-order valence-corrected chi connectivity index (χ3v) is 6.54. The van der Waals surface area contributed by atoms with Crippen LogP contribution in [-0.4, -0.2) is 35.9 Å². The standard InChI is InChI=1S/C23H24N2O3S/c1-14-6-11-20-21(15(14)2)24-23(29-20)25(13-19-5-4-12-28-19)22(27)18-9-7-17(8-10-18)16(3)26/h6-11,19H,4-5,12-13H2,1-3H3. The molecular formula is C23H24N2O3S. The normalized spacial score (nSPS) is 16.3. The first-order valence-corrected chi connectivity index (χ1v) is 10.7. The number of hydrogen-bond acceptors (Lipinski definition) is 5. The van der Waals surface area contributed by atoms with Crippen LogP contribution in [0.5, 0.6) is 0 Å². The molecule has 1 aliphatic heterocycles. The number of benzene rings is 2. The first kappa shape index (κ1) is 19.7. The second kappa shape index (κ2) is 8.05. The maximum atomic E-state index is 13.4. The van der Waals surface area contributed by atoms with Gasteiger partial charge in [0, 0.05) is 17.7 Å². The highest BCUT2D eigenvalue weighted by molar-refractivity contribution is 7.22. The minimum atomic E-state index is -0.121. The average Bonchev–Trinajstić information content (AvgIpc) is 3.38. The highest BCUT2D eigenvalue weighted by Crippen LogP contribution is 2.33. The van der Waals surface area contributed by atoms with Gasteiger partial charge in [0.15, 0.2) is 10.9 Å². The summed E-state index contributed by atoms with van der Waals surface area (Å²) < 4.78 is 6.87. The minimum Gasteiger partial charge on any atom is -0.376 e. The molecule has 1 atom stereocenters. The van der Waals surface area contributed by atoms with Crippen LogP contribution in [0.1, 0.15) is 51.6 Å². The van der Waals surface area contributed by atoms with Gasteiger partial charge in [-0.05, 0) is 62.9 Å². The Morgan fingerprint density at radius 2 is 1.86 bits per heavy atom. The fraction of sp³-hybridized carbons (Fsp3) is 0.348. The first-order chi connectivity index (χ1) is 13.9. The SMILES string of the molecule is CC(=O)c1ccc(C(=O)N(CC2CCCO2)c2nc3c(C)c(C)ccc3s2)cc1. The van der Waals surface area contributed by atoms with E-state index in [0.29, 0.717) is 22.8 Å². The number of nitrogens with zero attached hydrogens (tertiary/aromatic N) is 2. The van der Waals surface area contributed by atoms with Gasteiger partial charge in [-0.3, -0.25) is 14.5 Å². The van der Waals surface area contributed by atoms with Crippen molar-refractivity contribution in [3.8, 4) is 0 Å². The van der Waals surface area contributed by atoms with Crippen molar-refractivity contribution in [2.45, 2.75) is 39.7 Å². The fourth-order valence-electron chi connectivity index (χ4n) is 3.57. The van der Waals surface area contributed by atoms with Gasteiger partial charge in [-0.1, -0.05) is 29.5 Å². The maximum Gasteiger partial charge on any atom is 0.260 e. The predicted octanol–water partition coefficient (Wildman–Crippen LogP) is 4.94. The lowest BCUT2D eigenvalue weighted by atomic mass is 10.1. The van der Waals surface area contributed by atoms with Crippen molar-refractivity contribution in [3.05, 3.63) is 58.7 Å². The lowest BCUT2D eigenvalue weighted by Crippen LogP contribution is -2.37. The molecule has 5 nitrogen and oxygen atoms in total. The Labute approximate surface area is 174 Å². The average molecular weight is 409 g/mol. The van der Waals surface area contributed by atoms with Crippen LogP contribution in [0.15, 0.2) is 36.4 Å². The molecule has 1 amide bonds. The van der Waals surface area contributed by atoms with Crippen LogP contribution in [0, 0.1) is 13.8 Å². The lowest BCUT2D eigenvalue weighted by Gasteiger charge is -2.23. The molecule has 1 aliphatic rings. The van der Waals surface area contributed by atoms with Gasteiger partial charge in [-0.2, -0.15) is 0 Å². The topological polar surface area (TPSA) is 59.5 Å². The van der Waals surface area contributed by atoms with Crippen LogP contribution in [0.25, 0.3) is 10.2 Å². The Hall–Kier alpha value is -2.57. The van der Waals surface area contributed by atoms with Gasteiger partial charge >= 0.3 is 0 Å². The predicted molar refractivity (Wildman–Crippen MR) is 116 cm³/mol. The van der Waals surface area contributed by atoms with E-state index in [4.69, 9.17) is 9.72 Å². The molecule has 1 fully saturated rings. The third kappa shape index (κ3) is 3.95. The Morgan fingerprint density at radius 1 is 1.14 bits per heavy atom. The lowest BCUT2D eigenvalue weighted by molar-refractivity contribution is 0.0916. The number of thiazole rings is 1. The van der Waals surface area contributed by atoms with Gasteiger partial charge in [0.2, 0.25) is 0 Å². The molecule has 29 heavy (non-hydrogen) atoms. The van der Waals surface area contributed by atoms with Gasteiger partial charge in [0.1, 0.15) is 0 Å². The molecule has 1 saturated heterocycles. The number of hydrogen-bond donors (Lipinski definition) is 0. The van der Waals surface area contributed by atoms with Crippen molar-refractivity contribution < 1.29 is 14.3 Å². The molecule has 6 heteroatoms. The summed E-state index contributed by atoms with van der Waals surface area (Å²) in [6, 6.07) is 11.0. The van der Waals surface area contributed by atoms with Gasteiger partial charge in [0.05, 0.1) is 22.9 Å². The zero-order valence-corrected chi connectivity index (χ0v) is 17.7. The summed E-state index contributed by atoms with van der Waals surface area (Å²) in [6.07, 6.45) is 1.97. The number of ketones is 1. The number of carbonyl (C=O) groups excluding carboxylic acids is 2. The Morgan fingerprint density at radius 3 is 2.52 bits per heavy atom. The summed E-state index contributed by atoms with van der Waals surface area (Å²) >= 11 is 1.53. The summed E-state index contributed by atoms with van der Waals surface area (Å²) in [4.78, 5) is 31.5. The highest BCUT2D eigenvalue weighted by Gasteiger charge is 2.27. The monoisotopic (exact) mass is 408 g/mol. The molecule has 150 valence electrons.